The lowest BCUT2D eigenvalue weighted by Gasteiger charge is -2.30. The van der Waals surface area contributed by atoms with Crippen LogP contribution in [0.15, 0.2) is 12.1 Å². The van der Waals surface area contributed by atoms with Crippen LogP contribution in [0.1, 0.15) is 17.5 Å². The van der Waals surface area contributed by atoms with Gasteiger partial charge in [0.05, 0.1) is 7.11 Å². The first kappa shape index (κ1) is 12.8. The summed E-state index contributed by atoms with van der Waals surface area (Å²) >= 11 is 0. The molecule has 2 N–H and O–H groups in total. The number of ether oxygens (including phenoxy) is 1. The van der Waals surface area contributed by atoms with Crippen LogP contribution in [0.3, 0.4) is 0 Å². The molecule has 3 rings (SSSR count). The molecule has 0 radical (unpaired) electrons. The molecule has 1 aromatic rings. The van der Waals surface area contributed by atoms with Crippen LogP contribution in [0, 0.1) is 0 Å². The van der Waals surface area contributed by atoms with Crippen LogP contribution in [-0.2, 0) is 13.0 Å². The number of anilines is 1. The topological polar surface area (TPSA) is 36.5 Å². The van der Waals surface area contributed by atoms with Gasteiger partial charge in [0.1, 0.15) is 5.75 Å². The molecule has 0 atom stereocenters. The molecule has 0 spiro atoms. The number of hydrogen-bond acceptors (Lipinski definition) is 4. The van der Waals surface area contributed by atoms with E-state index < -0.39 is 0 Å². The van der Waals surface area contributed by atoms with E-state index in [-0.39, 0.29) is 0 Å². The Bertz CT molecular complexity index is 439. The van der Waals surface area contributed by atoms with Crippen molar-refractivity contribution < 1.29 is 4.74 Å². The number of nitrogens with one attached hydrogen (secondary N) is 2. The molecular weight excluding hydrogens is 238 g/mol. The van der Waals surface area contributed by atoms with Gasteiger partial charge in [-0.15, -0.1) is 0 Å². The summed E-state index contributed by atoms with van der Waals surface area (Å²) in [6.45, 7) is 6.46. The van der Waals surface area contributed by atoms with E-state index in [1.807, 2.05) is 0 Å². The monoisotopic (exact) mass is 261 g/mol. The van der Waals surface area contributed by atoms with Gasteiger partial charge >= 0.3 is 0 Å². The molecule has 4 heteroatoms. The molecule has 2 aliphatic rings. The Kier molecular flexibility index (Phi) is 3.89. The largest absolute Gasteiger partial charge is 0.496 e. The maximum absolute atomic E-state index is 5.52. The first-order chi connectivity index (χ1) is 9.40. The van der Waals surface area contributed by atoms with Crippen LogP contribution in [-0.4, -0.2) is 39.8 Å². The van der Waals surface area contributed by atoms with Gasteiger partial charge in [0.25, 0.3) is 0 Å². The normalized spacial score (nSPS) is 19.7. The zero-order valence-electron chi connectivity index (χ0n) is 11.7. The number of rotatable bonds is 2. The van der Waals surface area contributed by atoms with Crippen molar-refractivity contribution in [1.82, 2.24) is 10.6 Å². The SMILES string of the molecule is COc1ccc(N2CCCNCC2)c2c1CCNC2. The standard InChI is InChI=1S/C15H23N3O/c1-19-15-4-3-14(13-11-17-7-5-12(13)15)18-9-2-6-16-8-10-18/h3-4,16-17H,2,5-11H2,1H3. The van der Waals surface area contributed by atoms with Crippen LogP contribution < -0.4 is 20.3 Å². The van der Waals surface area contributed by atoms with E-state index >= 15 is 0 Å². The molecule has 2 aliphatic heterocycles. The molecule has 0 aromatic heterocycles. The summed E-state index contributed by atoms with van der Waals surface area (Å²) in [5.41, 5.74) is 4.23. The van der Waals surface area contributed by atoms with Crippen molar-refractivity contribution in [2.45, 2.75) is 19.4 Å². The van der Waals surface area contributed by atoms with Gasteiger partial charge in [-0.05, 0) is 43.6 Å². The van der Waals surface area contributed by atoms with Gasteiger partial charge in [-0.1, -0.05) is 0 Å². The van der Waals surface area contributed by atoms with E-state index in [0.717, 1.165) is 51.4 Å². The third-order valence-electron chi connectivity index (χ3n) is 4.12. The first-order valence-electron chi connectivity index (χ1n) is 7.25. The third kappa shape index (κ3) is 2.55. The maximum atomic E-state index is 5.52. The molecule has 0 unspecified atom stereocenters. The highest BCUT2D eigenvalue weighted by atomic mass is 16.5. The number of nitrogens with zero attached hydrogens (tertiary/aromatic N) is 1. The van der Waals surface area contributed by atoms with Crippen LogP contribution in [0.2, 0.25) is 0 Å². The summed E-state index contributed by atoms with van der Waals surface area (Å²) in [6.07, 6.45) is 2.28. The Morgan fingerprint density at radius 2 is 2.00 bits per heavy atom. The van der Waals surface area contributed by atoms with E-state index in [1.54, 1.807) is 7.11 Å². The fourth-order valence-electron chi connectivity index (χ4n) is 3.13. The maximum Gasteiger partial charge on any atom is 0.122 e. The fourth-order valence-corrected chi connectivity index (χ4v) is 3.13. The van der Waals surface area contributed by atoms with E-state index in [1.165, 1.54) is 23.2 Å². The lowest BCUT2D eigenvalue weighted by atomic mass is 9.97. The van der Waals surface area contributed by atoms with Gasteiger partial charge in [0.15, 0.2) is 0 Å². The van der Waals surface area contributed by atoms with Gasteiger partial charge in [0, 0.05) is 37.4 Å². The molecule has 0 saturated carbocycles. The lowest BCUT2D eigenvalue weighted by Crippen LogP contribution is -2.32. The zero-order valence-corrected chi connectivity index (χ0v) is 11.7. The van der Waals surface area contributed by atoms with Gasteiger partial charge in [-0.25, -0.2) is 0 Å². The average Bonchev–Trinajstić information content (AvgIpc) is 2.75. The molecule has 0 aliphatic carbocycles. The highest BCUT2D eigenvalue weighted by Crippen LogP contribution is 2.33. The van der Waals surface area contributed by atoms with Crippen molar-refractivity contribution >= 4 is 5.69 Å². The van der Waals surface area contributed by atoms with Gasteiger partial charge in [0.2, 0.25) is 0 Å². The quantitative estimate of drug-likeness (QED) is 0.837. The first-order valence-corrected chi connectivity index (χ1v) is 7.25. The van der Waals surface area contributed by atoms with Crippen LogP contribution in [0.5, 0.6) is 5.75 Å². The highest BCUT2D eigenvalue weighted by Gasteiger charge is 2.21. The van der Waals surface area contributed by atoms with Gasteiger partial charge in [-0.2, -0.15) is 0 Å². The average molecular weight is 261 g/mol. The second-order valence-corrected chi connectivity index (χ2v) is 5.26. The van der Waals surface area contributed by atoms with Crippen molar-refractivity contribution in [1.29, 1.82) is 0 Å². The van der Waals surface area contributed by atoms with Crippen LogP contribution >= 0.6 is 0 Å². The molecule has 1 fully saturated rings. The zero-order chi connectivity index (χ0) is 13.1. The molecule has 0 amide bonds. The van der Waals surface area contributed by atoms with Crippen molar-refractivity contribution in [3.05, 3.63) is 23.3 Å². The Balaban J connectivity index is 1.96. The van der Waals surface area contributed by atoms with Crippen molar-refractivity contribution in [2.75, 3.05) is 44.7 Å². The smallest absolute Gasteiger partial charge is 0.122 e. The van der Waals surface area contributed by atoms with E-state index in [9.17, 15) is 0 Å². The highest BCUT2D eigenvalue weighted by molar-refractivity contribution is 5.61. The van der Waals surface area contributed by atoms with E-state index in [0.29, 0.717) is 0 Å². The number of fused-ring (bicyclic) bond motifs is 1. The molecule has 4 nitrogen and oxygen atoms in total. The molecule has 0 bridgehead atoms. The summed E-state index contributed by atoms with van der Waals surface area (Å²) < 4.78 is 5.52. The van der Waals surface area contributed by atoms with Crippen molar-refractivity contribution in [2.24, 2.45) is 0 Å². The summed E-state index contributed by atoms with van der Waals surface area (Å²) in [4.78, 5) is 2.52. The number of benzene rings is 1. The predicted octanol–water partition coefficient (Wildman–Crippen LogP) is 1.14. The number of methoxy groups -OCH3 is 1. The number of hydrogen-bond donors (Lipinski definition) is 2. The van der Waals surface area contributed by atoms with Crippen LogP contribution in [0.25, 0.3) is 0 Å². The van der Waals surface area contributed by atoms with Crippen LogP contribution in [0.4, 0.5) is 5.69 Å². The molecule has 19 heavy (non-hydrogen) atoms. The minimum absolute atomic E-state index is 0.964. The predicted molar refractivity (Wildman–Crippen MR) is 78.1 cm³/mol. The molecule has 1 aromatic carbocycles. The summed E-state index contributed by atoms with van der Waals surface area (Å²) in [5, 5.41) is 6.96. The molecule has 2 heterocycles. The Morgan fingerprint density at radius 1 is 1.05 bits per heavy atom. The summed E-state index contributed by atoms with van der Waals surface area (Å²) in [6, 6.07) is 4.37. The lowest BCUT2D eigenvalue weighted by molar-refractivity contribution is 0.406. The molecule has 104 valence electrons. The fraction of sp³-hybridized carbons (Fsp3) is 0.600. The second kappa shape index (κ2) is 5.80. The summed E-state index contributed by atoms with van der Waals surface area (Å²) in [7, 11) is 1.77. The third-order valence-corrected chi connectivity index (χ3v) is 4.12. The molecule has 1 saturated heterocycles. The minimum Gasteiger partial charge on any atom is -0.496 e. The summed E-state index contributed by atoms with van der Waals surface area (Å²) in [5.74, 6) is 1.05. The van der Waals surface area contributed by atoms with E-state index in [2.05, 4.69) is 27.7 Å². The Morgan fingerprint density at radius 3 is 2.89 bits per heavy atom. The minimum atomic E-state index is 0.964. The Labute approximate surface area is 115 Å². The van der Waals surface area contributed by atoms with Gasteiger partial charge in [-0.3, -0.25) is 0 Å². The van der Waals surface area contributed by atoms with Crippen molar-refractivity contribution in [3.63, 3.8) is 0 Å². The van der Waals surface area contributed by atoms with Gasteiger partial charge < -0.3 is 20.3 Å². The van der Waals surface area contributed by atoms with E-state index in [4.69, 9.17) is 4.74 Å². The molecular formula is C15H23N3O. The second-order valence-electron chi connectivity index (χ2n) is 5.26. The Hall–Kier alpha value is -1.26. The van der Waals surface area contributed by atoms with Crippen molar-refractivity contribution in [3.8, 4) is 5.75 Å².